The molecular formula is C17H27N3O3. The Labute approximate surface area is 137 Å². The molecule has 1 saturated heterocycles. The van der Waals surface area contributed by atoms with Crippen LogP contribution in [0.1, 0.15) is 24.8 Å². The van der Waals surface area contributed by atoms with E-state index < -0.39 is 0 Å². The van der Waals surface area contributed by atoms with Crippen LogP contribution in [0, 0.1) is 0 Å². The van der Waals surface area contributed by atoms with Gasteiger partial charge in [-0.25, -0.2) is 0 Å². The highest BCUT2D eigenvalue weighted by Gasteiger charge is 2.19. The molecule has 1 aliphatic rings. The molecule has 2 rings (SSSR count). The summed E-state index contributed by atoms with van der Waals surface area (Å²) in [4.78, 5) is 13.5. The van der Waals surface area contributed by atoms with E-state index in [-0.39, 0.29) is 12.0 Å². The van der Waals surface area contributed by atoms with E-state index in [1.54, 1.807) is 0 Å². The number of amides is 1. The third kappa shape index (κ3) is 6.56. The molecule has 4 N–H and O–H groups in total. The van der Waals surface area contributed by atoms with Crippen molar-refractivity contribution in [2.45, 2.75) is 31.9 Å². The topological polar surface area (TPSA) is 87.8 Å². The van der Waals surface area contributed by atoms with Gasteiger partial charge in [0.2, 0.25) is 5.91 Å². The van der Waals surface area contributed by atoms with Gasteiger partial charge in [-0.05, 0) is 30.5 Å². The fourth-order valence-corrected chi connectivity index (χ4v) is 2.66. The number of nitrogens with two attached hydrogens (primary N) is 1. The number of aliphatic hydroxyl groups excluding tert-OH is 1. The molecular weight excluding hydrogens is 294 g/mol. The Balaban J connectivity index is 1.67. The second kappa shape index (κ2) is 9.50. The summed E-state index contributed by atoms with van der Waals surface area (Å²) in [7, 11) is 0. The number of carbonyl (C=O) groups excluding carboxylic acids is 1. The molecule has 0 saturated carbocycles. The molecule has 1 aliphatic heterocycles. The van der Waals surface area contributed by atoms with E-state index in [2.05, 4.69) is 16.3 Å². The maximum absolute atomic E-state index is 11.3. The predicted molar refractivity (Wildman–Crippen MR) is 89.1 cm³/mol. The molecule has 6 heteroatoms. The van der Waals surface area contributed by atoms with Gasteiger partial charge >= 0.3 is 0 Å². The van der Waals surface area contributed by atoms with Crippen LogP contribution in [-0.4, -0.2) is 54.8 Å². The summed E-state index contributed by atoms with van der Waals surface area (Å²) in [5.74, 6) is 0.831. The molecule has 1 atom stereocenters. The lowest BCUT2D eigenvalue weighted by molar-refractivity contribution is -0.120. The average molecular weight is 321 g/mol. The quantitative estimate of drug-likeness (QED) is 0.576. The van der Waals surface area contributed by atoms with Crippen molar-refractivity contribution in [3.05, 3.63) is 29.8 Å². The molecule has 1 amide bonds. The lowest BCUT2D eigenvalue weighted by atomic mass is 10.2. The molecule has 0 aliphatic carbocycles. The first-order valence-electron chi connectivity index (χ1n) is 8.26. The number of nitrogens with one attached hydrogen (secondary N) is 1. The molecule has 23 heavy (non-hydrogen) atoms. The van der Waals surface area contributed by atoms with Crippen LogP contribution in [0.3, 0.4) is 0 Å². The van der Waals surface area contributed by atoms with Gasteiger partial charge in [0.25, 0.3) is 0 Å². The molecule has 6 nitrogen and oxygen atoms in total. The van der Waals surface area contributed by atoms with Gasteiger partial charge in [0.1, 0.15) is 5.75 Å². The lowest BCUT2D eigenvalue weighted by Gasteiger charge is -2.15. The van der Waals surface area contributed by atoms with Gasteiger partial charge in [-0.3, -0.25) is 9.69 Å². The number of benzene rings is 1. The number of hydrogen-bond donors (Lipinski definition) is 3. The van der Waals surface area contributed by atoms with Crippen LogP contribution < -0.4 is 15.8 Å². The van der Waals surface area contributed by atoms with Crippen molar-refractivity contribution in [2.24, 2.45) is 5.73 Å². The number of carbonyl (C=O) groups is 1. The zero-order chi connectivity index (χ0) is 16.5. The van der Waals surface area contributed by atoms with Crippen molar-refractivity contribution in [3.63, 3.8) is 0 Å². The SMILES string of the molecule is NCCC(=O)NCCCOc1cccc(CN2CCC(O)C2)c1. The lowest BCUT2D eigenvalue weighted by Crippen LogP contribution is -2.27. The second-order valence-corrected chi connectivity index (χ2v) is 5.92. The van der Waals surface area contributed by atoms with Gasteiger partial charge in [-0.2, -0.15) is 0 Å². The Morgan fingerprint density at radius 3 is 3.09 bits per heavy atom. The zero-order valence-corrected chi connectivity index (χ0v) is 13.5. The average Bonchev–Trinajstić information content (AvgIpc) is 2.93. The summed E-state index contributed by atoms with van der Waals surface area (Å²) in [5.41, 5.74) is 6.50. The first kappa shape index (κ1) is 17.7. The Bertz CT molecular complexity index is 496. The van der Waals surface area contributed by atoms with Crippen LogP contribution in [0.4, 0.5) is 0 Å². The number of likely N-dealkylation sites (tertiary alicyclic amines) is 1. The fraction of sp³-hybridized carbons (Fsp3) is 0.588. The van der Waals surface area contributed by atoms with Crippen LogP contribution >= 0.6 is 0 Å². The summed E-state index contributed by atoms with van der Waals surface area (Å²) in [6.45, 7) is 4.06. The van der Waals surface area contributed by atoms with Crippen LogP contribution in [0.25, 0.3) is 0 Å². The molecule has 1 aromatic carbocycles. The van der Waals surface area contributed by atoms with Crippen LogP contribution in [0.5, 0.6) is 5.75 Å². The van der Waals surface area contributed by atoms with E-state index in [1.165, 1.54) is 5.56 Å². The molecule has 0 bridgehead atoms. The molecule has 1 unspecified atom stereocenters. The fourth-order valence-electron chi connectivity index (χ4n) is 2.66. The van der Waals surface area contributed by atoms with Gasteiger partial charge in [0.15, 0.2) is 0 Å². The minimum atomic E-state index is -0.191. The molecule has 0 aromatic heterocycles. The van der Waals surface area contributed by atoms with E-state index >= 15 is 0 Å². The molecule has 1 aromatic rings. The largest absolute Gasteiger partial charge is 0.494 e. The predicted octanol–water partition coefficient (Wildman–Crippen LogP) is 0.487. The first-order chi connectivity index (χ1) is 11.2. The normalized spacial score (nSPS) is 18.1. The summed E-state index contributed by atoms with van der Waals surface area (Å²) in [6.07, 6.45) is 1.79. The summed E-state index contributed by atoms with van der Waals surface area (Å²) in [6, 6.07) is 8.04. The number of aliphatic hydroxyl groups is 1. The number of rotatable bonds is 9. The van der Waals surface area contributed by atoms with E-state index in [1.807, 2.05) is 18.2 Å². The van der Waals surface area contributed by atoms with Crippen LogP contribution in [0.2, 0.25) is 0 Å². The van der Waals surface area contributed by atoms with Gasteiger partial charge in [-0.15, -0.1) is 0 Å². The van der Waals surface area contributed by atoms with Gasteiger partial charge in [0.05, 0.1) is 12.7 Å². The van der Waals surface area contributed by atoms with Crippen LogP contribution in [-0.2, 0) is 11.3 Å². The van der Waals surface area contributed by atoms with E-state index in [9.17, 15) is 9.90 Å². The number of nitrogens with zero attached hydrogens (tertiary/aromatic N) is 1. The molecule has 128 valence electrons. The summed E-state index contributed by atoms with van der Waals surface area (Å²) < 4.78 is 5.73. The monoisotopic (exact) mass is 321 g/mol. The number of ether oxygens (including phenoxy) is 1. The van der Waals surface area contributed by atoms with Gasteiger partial charge in [-0.1, -0.05) is 12.1 Å². The smallest absolute Gasteiger partial charge is 0.221 e. The molecule has 0 spiro atoms. The minimum absolute atomic E-state index is 0.0118. The van der Waals surface area contributed by atoms with Crippen molar-refractivity contribution >= 4 is 5.91 Å². The van der Waals surface area contributed by atoms with Crippen molar-refractivity contribution in [1.29, 1.82) is 0 Å². The minimum Gasteiger partial charge on any atom is -0.494 e. The zero-order valence-electron chi connectivity index (χ0n) is 13.5. The standard InChI is InChI=1S/C17H27N3O3/c18-7-5-17(22)19-8-2-10-23-16-4-1-3-14(11-16)12-20-9-6-15(21)13-20/h1,3-4,11,15,21H,2,5-10,12-13,18H2,(H,19,22). The van der Waals surface area contributed by atoms with Gasteiger partial charge in [0, 0.05) is 39.1 Å². The van der Waals surface area contributed by atoms with Crippen molar-refractivity contribution in [3.8, 4) is 5.75 Å². The Kier molecular flexibility index (Phi) is 7.32. The number of β-amino-alcohol motifs (C(OH)–C–C–N with tert-alkyl or cyclic N) is 1. The van der Waals surface area contributed by atoms with Crippen LogP contribution in [0.15, 0.2) is 24.3 Å². The maximum atomic E-state index is 11.3. The highest BCUT2D eigenvalue weighted by atomic mass is 16.5. The Morgan fingerprint density at radius 2 is 2.35 bits per heavy atom. The van der Waals surface area contributed by atoms with Crippen molar-refractivity contribution in [1.82, 2.24) is 10.2 Å². The Hall–Kier alpha value is -1.63. The van der Waals surface area contributed by atoms with E-state index in [0.29, 0.717) is 26.1 Å². The van der Waals surface area contributed by atoms with E-state index in [4.69, 9.17) is 10.5 Å². The summed E-state index contributed by atoms with van der Waals surface area (Å²) >= 11 is 0. The first-order valence-corrected chi connectivity index (χ1v) is 8.26. The highest BCUT2D eigenvalue weighted by Crippen LogP contribution is 2.18. The van der Waals surface area contributed by atoms with Gasteiger partial charge < -0.3 is 20.9 Å². The molecule has 0 radical (unpaired) electrons. The number of hydrogen-bond acceptors (Lipinski definition) is 5. The summed E-state index contributed by atoms with van der Waals surface area (Å²) in [5, 5.41) is 12.4. The maximum Gasteiger partial charge on any atom is 0.221 e. The molecule has 1 fully saturated rings. The van der Waals surface area contributed by atoms with Crippen molar-refractivity contribution < 1.29 is 14.6 Å². The third-order valence-electron chi connectivity index (χ3n) is 3.84. The van der Waals surface area contributed by atoms with Crippen molar-refractivity contribution in [2.75, 3.05) is 32.8 Å². The van der Waals surface area contributed by atoms with E-state index in [0.717, 1.165) is 38.2 Å². The third-order valence-corrected chi connectivity index (χ3v) is 3.84. The molecule has 1 heterocycles. The highest BCUT2D eigenvalue weighted by molar-refractivity contribution is 5.75. The Morgan fingerprint density at radius 1 is 1.48 bits per heavy atom. The second-order valence-electron chi connectivity index (χ2n) is 5.92.